The minimum absolute atomic E-state index is 0.108. The maximum atomic E-state index is 12.1. The lowest BCUT2D eigenvalue weighted by Gasteiger charge is -2.12. The predicted octanol–water partition coefficient (Wildman–Crippen LogP) is 0.431. The topological polar surface area (TPSA) is 90.7 Å². The lowest BCUT2D eigenvalue weighted by molar-refractivity contribution is 0.174. The minimum atomic E-state index is -3.55. The molecule has 1 atom stereocenters. The first kappa shape index (κ1) is 12.7. The molecule has 0 radical (unpaired) electrons. The Morgan fingerprint density at radius 1 is 1.32 bits per heavy atom. The summed E-state index contributed by atoms with van der Waals surface area (Å²) in [6.45, 7) is 0.389. The van der Waals surface area contributed by atoms with E-state index < -0.39 is 10.0 Å². The fourth-order valence-electron chi connectivity index (χ4n) is 2.02. The van der Waals surface area contributed by atoms with Crippen molar-refractivity contribution in [2.45, 2.75) is 23.8 Å². The van der Waals surface area contributed by atoms with Crippen LogP contribution in [0.15, 0.2) is 23.1 Å². The molecule has 6 nitrogen and oxygen atoms in total. The zero-order valence-corrected chi connectivity index (χ0v) is 11.2. The normalized spacial score (nSPS) is 19.4. The van der Waals surface area contributed by atoms with Crippen LogP contribution in [0.5, 0.6) is 11.5 Å². The molecule has 0 saturated heterocycles. The van der Waals surface area contributed by atoms with Crippen LogP contribution in [0.1, 0.15) is 12.8 Å². The predicted molar refractivity (Wildman–Crippen MR) is 68.5 cm³/mol. The Hall–Kier alpha value is -1.31. The molecule has 1 fully saturated rings. The summed E-state index contributed by atoms with van der Waals surface area (Å²) in [5.41, 5.74) is 5.88. The molecule has 0 amide bonds. The molecule has 7 heteroatoms. The Balaban J connectivity index is 1.72. The van der Waals surface area contributed by atoms with E-state index in [4.69, 9.17) is 15.2 Å². The van der Waals surface area contributed by atoms with Crippen LogP contribution in [0.3, 0.4) is 0 Å². The summed E-state index contributed by atoms with van der Waals surface area (Å²) in [5, 5.41) is 0. The van der Waals surface area contributed by atoms with E-state index in [-0.39, 0.29) is 24.3 Å². The van der Waals surface area contributed by atoms with E-state index in [2.05, 4.69) is 4.72 Å². The van der Waals surface area contributed by atoms with Crippen molar-refractivity contribution in [1.82, 2.24) is 4.72 Å². The molecule has 1 unspecified atom stereocenters. The van der Waals surface area contributed by atoms with Crippen LogP contribution in [0.25, 0.3) is 0 Å². The van der Waals surface area contributed by atoms with Gasteiger partial charge < -0.3 is 15.2 Å². The second-order valence-corrected chi connectivity index (χ2v) is 6.64. The van der Waals surface area contributed by atoms with Crippen LogP contribution in [0.4, 0.5) is 0 Å². The van der Waals surface area contributed by atoms with E-state index in [9.17, 15) is 8.42 Å². The Bertz CT molecular complexity index is 583. The summed E-state index contributed by atoms with van der Waals surface area (Å²) >= 11 is 0. The summed E-state index contributed by atoms with van der Waals surface area (Å²) in [5.74, 6) is 1.47. The van der Waals surface area contributed by atoms with Crippen molar-refractivity contribution >= 4 is 10.0 Å². The van der Waals surface area contributed by atoms with Gasteiger partial charge in [0.25, 0.3) is 0 Å². The summed E-state index contributed by atoms with van der Waals surface area (Å²) in [7, 11) is -3.55. The number of hydrogen-bond donors (Lipinski definition) is 2. The van der Waals surface area contributed by atoms with Crippen molar-refractivity contribution in [3.05, 3.63) is 18.2 Å². The molecule has 1 aliphatic carbocycles. The monoisotopic (exact) mass is 284 g/mol. The number of rotatable bonds is 5. The number of nitrogens with two attached hydrogens (primary N) is 1. The first-order chi connectivity index (χ1) is 9.06. The van der Waals surface area contributed by atoms with E-state index >= 15 is 0 Å². The van der Waals surface area contributed by atoms with Gasteiger partial charge in [0.1, 0.15) is 0 Å². The Labute approximate surface area is 111 Å². The van der Waals surface area contributed by atoms with Crippen LogP contribution in [0, 0.1) is 5.92 Å². The van der Waals surface area contributed by atoms with Gasteiger partial charge in [-0.25, -0.2) is 13.1 Å². The van der Waals surface area contributed by atoms with E-state index in [0.717, 1.165) is 12.8 Å². The highest BCUT2D eigenvalue weighted by Gasteiger charge is 2.29. The maximum absolute atomic E-state index is 12.1. The van der Waals surface area contributed by atoms with Gasteiger partial charge in [0.05, 0.1) is 4.90 Å². The largest absolute Gasteiger partial charge is 0.454 e. The minimum Gasteiger partial charge on any atom is -0.454 e. The third-order valence-corrected chi connectivity index (χ3v) is 4.81. The number of hydrogen-bond acceptors (Lipinski definition) is 5. The fourth-order valence-corrected chi connectivity index (χ4v) is 3.11. The molecule has 1 aromatic carbocycles. The first-order valence-corrected chi connectivity index (χ1v) is 7.69. The van der Waals surface area contributed by atoms with Crippen molar-refractivity contribution in [3.8, 4) is 11.5 Å². The fraction of sp³-hybridized carbons (Fsp3) is 0.500. The number of sulfonamides is 1. The van der Waals surface area contributed by atoms with E-state index in [1.54, 1.807) is 6.07 Å². The van der Waals surface area contributed by atoms with Crippen LogP contribution in [-0.4, -0.2) is 27.8 Å². The van der Waals surface area contributed by atoms with Crippen molar-refractivity contribution in [3.63, 3.8) is 0 Å². The van der Waals surface area contributed by atoms with Crippen molar-refractivity contribution < 1.29 is 17.9 Å². The molecule has 2 aliphatic rings. The second-order valence-electron chi connectivity index (χ2n) is 4.87. The summed E-state index contributed by atoms with van der Waals surface area (Å²) in [4.78, 5) is 0.166. The highest BCUT2D eigenvalue weighted by Crippen LogP contribution is 2.34. The highest BCUT2D eigenvalue weighted by molar-refractivity contribution is 7.89. The van der Waals surface area contributed by atoms with E-state index in [0.29, 0.717) is 17.4 Å². The van der Waals surface area contributed by atoms with Gasteiger partial charge in [-0.05, 0) is 30.9 Å². The molecule has 19 heavy (non-hydrogen) atoms. The van der Waals surface area contributed by atoms with Gasteiger partial charge in [-0.15, -0.1) is 0 Å². The van der Waals surface area contributed by atoms with Crippen molar-refractivity contribution in [1.29, 1.82) is 0 Å². The number of ether oxygens (including phenoxy) is 2. The highest BCUT2D eigenvalue weighted by atomic mass is 32.2. The van der Waals surface area contributed by atoms with E-state index in [1.165, 1.54) is 12.1 Å². The van der Waals surface area contributed by atoms with Gasteiger partial charge in [0, 0.05) is 18.7 Å². The van der Waals surface area contributed by atoms with Crippen LogP contribution in [-0.2, 0) is 10.0 Å². The standard InChI is InChI=1S/C12H16N2O4S/c13-10(8-1-2-8)6-14-19(15,16)9-3-4-11-12(5-9)18-7-17-11/h3-5,8,10,14H,1-2,6-7,13H2. The van der Waals surface area contributed by atoms with Crippen LogP contribution < -0.4 is 19.9 Å². The molecule has 0 aromatic heterocycles. The van der Waals surface area contributed by atoms with Gasteiger partial charge in [-0.1, -0.05) is 0 Å². The Kier molecular flexibility index (Phi) is 3.12. The molecule has 3 rings (SSSR count). The van der Waals surface area contributed by atoms with Gasteiger partial charge >= 0.3 is 0 Å². The molecule has 1 saturated carbocycles. The summed E-state index contributed by atoms with van der Waals surface area (Å²) < 4.78 is 37.1. The number of benzene rings is 1. The Morgan fingerprint density at radius 3 is 2.79 bits per heavy atom. The molecular formula is C12H16N2O4S. The average molecular weight is 284 g/mol. The van der Waals surface area contributed by atoms with Crippen molar-refractivity contribution in [2.24, 2.45) is 11.7 Å². The van der Waals surface area contributed by atoms with Gasteiger partial charge in [0.2, 0.25) is 16.8 Å². The smallest absolute Gasteiger partial charge is 0.240 e. The van der Waals surface area contributed by atoms with Gasteiger partial charge in [0.15, 0.2) is 11.5 Å². The molecule has 1 aromatic rings. The van der Waals surface area contributed by atoms with Crippen molar-refractivity contribution in [2.75, 3.05) is 13.3 Å². The zero-order chi connectivity index (χ0) is 13.5. The summed E-state index contributed by atoms with van der Waals surface area (Å²) in [6, 6.07) is 4.45. The number of fused-ring (bicyclic) bond motifs is 1. The molecule has 3 N–H and O–H groups in total. The summed E-state index contributed by atoms with van der Waals surface area (Å²) in [6.07, 6.45) is 2.18. The second kappa shape index (κ2) is 4.66. The van der Waals surface area contributed by atoms with Gasteiger partial charge in [-0.3, -0.25) is 0 Å². The molecule has 104 valence electrons. The molecule has 0 bridgehead atoms. The van der Waals surface area contributed by atoms with E-state index in [1.807, 2.05) is 0 Å². The third-order valence-electron chi connectivity index (χ3n) is 3.39. The lowest BCUT2D eigenvalue weighted by Crippen LogP contribution is -2.38. The molecule has 1 aliphatic heterocycles. The molecule has 1 heterocycles. The third kappa shape index (κ3) is 2.68. The SMILES string of the molecule is NC(CNS(=O)(=O)c1ccc2c(c1)OCO2)C1CC1. The molecular weight excluding hydrogens is 268 g/mol. The average Bonchev–Trinajstić information content (AvgIpc) is 3.13. The van der Waals surface area contributed by atoms with Gasteiger partial charge in [-0.2, -0.15) is 0 Å². The van der Waals surface area contributed by atoms with Crippen LogP contribution >= 0.6 is 0 Å². The Morgan fingerprint density at radius 2 is 2.05 bits per heavy atom. The van der Waals surface area contributed by atoms with Crippen LogP contribution in [0.2, 0.25) is 0 Å². The lowest BCUT2D eigenvalue weighted by atomic mass is 10.2. The quantitative estimate of drug-likeness (QED) is 0.818. The maximum Gasteiger partial charge on any atom is 0.240 e. The first-order valence-electron chi connectivity index (χ1n) is 6.21. The number of nitrogens with one attached hydrogen (secondary N) is 1. The molecule has 0 spiro atoms. The zero-order valence-electron chi connectivity index (χ0n) is 10.3.